The van der Waals surface area contributed by atoms with Crippen LogP contribution in [0.5, 0.6) is 0 Å². The minimum absolute atomic E-state index is 0.138. The van der Waals surface area contributed by atoms with E-state index in [1.807, 2.05) is 0 Å². The fourth-order valence-corrected chi connectivity index (χ4v) is 9.35. The number of hydrogen-bond donors (Lipinski definition) is 0. The number of rotatable bonds is 5. The van der Waals surface area contributed by atoms with Crippen molar-refractivity contribution in [2.24, 2.45) is 0 Å². The van der Waals surface area contributed by atoms with Crippen LogP contribution in [0.4, 0.5) is 17.1 Å². The molecule has 0 radical (unpaired) electrons. The normalized spacial score (nSPS) is 13.1. The summed E-state index contributed by atoms with van der Waals surface area (Å²) in [5, 5.41) is 7.62. The third-order valence-electron chi connectivity index (χ3n) is 11.9. The van der Waals surface area contributed by atoms with Crippen molar-refractivity contribution in [1.29, 1.82) is 0 Å². The Balaban J connectivity index is 1.11. The highest BCUT2D eigenvalue weighted by atomic mass is 15.1. The molecule has 0 amide bonds. The van der Waals surface area contributed by atoms with Crippen LogP contribution < -0.4 is 4.90 Å². The number of nitrogens with zero attached hydrogens (tertiary/aromatic N) is 2. The van der Waals surface area contributed by atoms with Gasteiger partial charge in [0, 0.05) is 44.3 Å². The summed E-state index contributed by atoms with van der Waals surface area (Å²) < 4.78 is 2.51. The molecule has 2 heteroatoms. The molecule has 0 saturated carbocycles. The van der Waals surface area contributed by atoms with Crippen LogP contribution in [0.1, 0.15) is 25.0 Å². The van der Waals surface area contributed by atoms with Gasteiger partial charge in [-0.3, -0.25) is 0 Å². The minimum Gasteiger partial charge on any atom is -0.310 e. The largest absolute Gasteiger partial charge is 0.310 e. The molecule has 1 heterocycles. The van der Waals surface area contributed by atoms with E-state index in [0.29, 0.717) is 0 Å². The van der Waals surface area contributed by atoms with E-state index in [0.717, 1.165) is 22.7 Å². The first-order chi connectivity index (χ1) is 27.0. The molecule has 10 aromatic rings. The predicted octanol–water partition coefficient (Wildman–Crippen LogP) is 14.5. The van der Waals surface area contributed by atoms with Gasteiger partial charge in [-0.1, -0.05) is 153 Å². The molecular formula is C53H38N2. The van der Waals surface area contributed by atoms with Crippen molar-refractivity contribution in [1.82, 2.24) is 4.57 Å². The van der Waals surface area contributed by atoms with Crippen molar-refractivity contribution in [3.8, 4) is 27.9 Å². The molecule has 1 aromatic heterocycles. The number of benzene rings is 9. The monoisotopic (exact) mass is 702 g/mol. The summed E-state index contributed by atoms with van der Waals surface area (Å²) in [5.74, 6) is 0. The van der Waals surface area contributed by atoms with E-state index in [2.05, 4.69) is 217 Å². The second-order valence-corrected chi connectivity index (χ2v) is 15.4. The van der Waals surface area contributed by atoms with E-state index < -0.39 is 0 Å². The van der Waals surface area contributed by atoms with Gasteiger partial charge in [0.25, 0.3) is 0 Å². The van der Waals surface area contributed by atoms with E-state index in [1.54, 1.807) is 0 Å². The van der Waals surface area contributed by atoms with Crippen molar-refractivity contribution in [3.63, 3.8) is 0 Å². The Bertz CT molecular complexity index is 3100. The Morgan fingerprint density at radius 1 is 0.436 bits per heavy atom. The van der Waals surface area contributed by atoms with Gasteiger partial charge in [0.1, 0.15) is 0 Å². The summed E-state index contributed by atoms with van der Waals surface area (Å²) in [6, 6.07) is 71.2. The van der Waals surface area contributed by atoms with E-state index in [4.69, 9.17) is 0 Å². The molecule has 55 heavy (non-hydrogen) atoms. The fraction of sp³-hybridized carbons (Fsp3) is 0.0566. The van der Waals surface area contributed by atoms with Gasteiger partial charge in [-0.15, -0.1) is 0 Å². The molecule has 11 rings (SSSR count). The summed E-state index contributed by atoms with van der Waals surface area (Å²) in [6.07, 6.45) is 0. The second kappa shape index (κ2) is 12.1. The second-order valence-electron chi connectivity index (χ2n) is 15.4. The Hall–Kier alpha value is -6.90. The van der Waals surface area contributed by atoms with Gasteiger partial charge >= 0.3 is 0 Å². The third kappa shape index (κ3) is 4.81. The standard InChI is InChI=1S/C53H38N2/c1-53(2)48-18-10-8-16-44(48)46-32-23-38-24-33-47-45-17-9-11-19-49(45)55(52(47)50(38)51(46)53)42-30-28-41(29-31-42)54(43-27-22-36-14-6-7-15-39(36)34-43)40-25-20-37(21-26-40)35-12-4-3-5-13-35/h3-34H,1-2H3. The minimum atomic E-state index is -0.138. The van der Waals surface area contributed by atoms with E-state index in [9.17, 15) is 0 Å². The zero-order valence-electron chi connectivity index (χ0n) is 30.9. The molecule has 0 fully saturated rings. The summed E-state index contributed by atoms with van der Waals surface area (Å²) >= 11 is 0. The maximum Gasteiger partial charge on any atom is 0.0622 e. The number of hydrogen-bond acceptors (Lipinski definition) is 1. The maximum absolute atomic E-state index is 2.51. The van der Waals surface area contributed by atoms with Gasteiger partial charge in [-0.2, -0.15) is 0 Å². The topological polar surface area (TPSA) is 8.17 Å². The highest BCUT2D eigenvalue weighted by Crippen LogP contribution is 2.53. The van der Waals surface area contributed by atoms with E-state index >= 15 is 0 Å². The van der Waals surface area contributed by atoms with Crippen molar-refractivity contribution in [2.75, 3.05) is 4.90 Å². The molecule has 9 aromatic carbocycles. The number of anilines is 3. The van der Waals surface area contributed by atoms with Gasteiger partial charge in [-0.05, 0) is 104 Å². The molecule has 0 atom stereocenters. The number of aromatic nitrogens is 1. The molecule has 260 valence electrons. The molecule has 0 aliphatic heterocycles. The van der Waals surface area contributed by atoms with Crippen molar-refractivity contribution in [2.45, 2.75) is 19.3 Å². The SMILES string of the molecule is CC1(C)c2ccccc2-c2ccc3ccc4c5ccccc5n(-c5ccc(N(c6ccc(-c7ccccc7)cc6)c6ccc7ccccc7c6)cc5)c4c3c21. The van der Waals surface area contributed by atoms with Crippen LogP contribution in [0, 0.1) is 0 Å². The van der Waals surface area contributed by atoms with Crippen LogP contribution in [0.3, 0.4) is 0 Å². The highest BCUT2D eigenvalue weighted by molar-refractivity contribution is 6.21. The highest BCUT2D eigenvalue weighted by Gasteiger charge is 2.37. The Labute approximate surface area is 321 Å². The smallest absolute Gasteiger partial charge is 0.0622 e. The lowest BCUT2D eigenvalue weighted by atomic mass is 9.80. The lowest BCUT2D eigenvalue weighted by molar-refractivity contribution is 0.666. The predicted molar refractivity (Wildman–Crippen MR) is 233 cm³/mol. The quantitative estimate of drug-likeness (QED) is 0.173. The van der Waals surface area contributed by atoms with Crippen LogP contribution >= 0.6 is 0 Å². The first-order valence-corrected chi connectivity index (χ1v) is 19.2. The lowest BCUT2D eigenvalue weighted by Gasteiger charge is -2.26. The lowest BCUT2D eigenvalue weighted by Crippen LogP contribution is -2.15. The van der Waals surface area contributed by atoms with E-state index in [1.165, 1.54) is 76.7 Å². The van der Waals surface area contributed by atoms with Gasteiger partial charge < -0.3 is 9.47 Å². The summed E-state index contributed by atoms with van der Waals surface area (Å²) in [5.41, 5.74) is 14.8. The molecule has 0 saturated heterocycles. The van der Waals surface area contributed by atoms with Crippen LogP contribution in [0.25, 0.3) is 71.3 Å². The number of fused-ring (bicyclic) bond motifs is 10. The molecule has 1 aliphatic carbocycles. The van der Waals surface area contributed by atoms with E-state index in [-0.39, 0.29) is 5.41 Å². The average Bonchev–Trinajstić information content (AvgIpc) is 3.70. The average molecular weight is 703 g/mol. The van der Waals surface area contributed by atoms with Crippen LogP contribution in [-0.2, 0) is 5.41 Å². The zero-order valence-corrected chi connectivity index (χ0v) is 30.9. The molecule has 0 unspecified atom stereocenters. The molecule has 0 bridgehead atoms. The summed E-state index contributed by atoms with van der Waals surface area (Å²) in [6.45, 7) is 4.79. The van der Waals surface area contributed by atoms with Crippen LogP contribution in [0.15, 0.2) is 194 Å². The van der Waals surface area contributed by atoms with Gasteiger partial charge in [-0.25, -0.2) is 0 Å². The molecule has 0 N–H and O–H groups in total. The summed E-state index contributed by atoms with van der Waals surface area (Å²) in [7, 11) is 0. The van der Waals surface area contributed by atoms with Crippen LogP contribution in [0.2, 0.25) is 0 Å². The Kier molecular flexibility index (Phi) is 6.93. The Morgan fingerprint density at radius 2 is 1.05 bits per heavy atom. The van der Waals surface area contributed by atoms with Gasteiger partial charge in [0.2, 0.25) is 0 Å². The molecule has 1 aliphatic rings. The third-order valence-corrected chi connectivity index (χ3v) is 11.9. The van der Waals surface area contributed by atoms with Crippen molar-refractivity contribution < 1.29 is 0 Å². The van der Waals surface area contributed by atoms with Crippen LogP contribution in [-0.4, -0.2) is 4.57 Å². The van der Waals surface area contributed by atoms with Crippen molar-refractivity contribution in [3.05, 3.63) is 205 Å². The fourth-order valence-electron chi connectivity index (χ4n) is 9.35. The summed E-state index contributed by atoms with van der Waals surface area (Å²) in [4.78, 5) is 2.37. The van der Waals surface area contributed by atoms with Gasteiger partial charge in [0.15, 0.2) is 0 Å². The molecular weight excluding hydrogens is 665 g/mol. The zero-order chi connectivity index (χ0) is 36.7. The maximum atomic E-state index is 2.51. The first-order valence-electron chi connectivity index (χ1n) is 19.2. The van der Waals surface area contributed by atoms with Crippen molar-refractivity contribution >= 4 is 60.4 Å². The number of para-hydroxylation sites is 1. The Morgan fingerprint density at radius 3 is 1.87 bits per heavy atom. The molecule has 0 spiro atoms. The molecule has 2 nitrogen and oxygen atoms in total. The first kappa shape index (κ1) is 31.6. The van der Waals surface area contributed by atoms with Gasteiger partial charge in [0.05, 0.1) is 11.0 Å².